The maximum Gasteiger partial charge on any atom is 0.319 e. The Hall–Kier alpha value is -3.06. The van der Waals surface area contributed by atoms with E-state index in [1.165, 1.54) is 12.5 Å². The first-order chi connectivity index (χ1) is 15.9. The Bertz CT molecular complexity index is 1040. The highest BCUT2D eigenvalue weighted by Gasteiger charge is 2.50. The maximum absolute atomic E-state index is 12.7. The molecule has 7 heteroatoms. The number of benzene rings is 2. The van der Waals surface area contributed by atoms with E-state index in [9.17, 15) is 9.59 Å². The topological polar surface area (TPSA) is 79.9 Å². The minimum Gasteiger partial charge on any atom is -0.493 e. The Morgan fingerprint density at radius 2 is 1.85 bits per heavy atom. The van der Waals surface area contributed by atoms with Gasteiger partial charge in [0.2, 0.25) is 0 Å². The van der Waals surface area contributed by atoms with Gasteiger partial charge in [-0.15, -0.1) is 0 Å². The standard InChI is InChI=1S/C26H33N3O4/c1-17(30)18-6-5-7-20(14-18)27-25(31)28-21-10-11-26(12-13-29(2)24(26)16-21)19-8-9-22(32-3)23(15-19)33-4/h5-9,14-15,21,24H,10-13,16H2,1-4H3,(H2,27,28,31). The Kier molecular flexibility index (Phi) is 6.61. The van der Waals surface area contributed by atoms with Crippen molar-refractivity contribution in [3.63, 3.8) is 0 Å². The van der Waals surface area contributed by atoms with Gasteiger partial charge in [-0.1, -0.05) is 18.2 Å². The van der Waals surface area contributed by atoms with Gasteiger partial charge in [0, 0.05) is 28.7 Å². The van der Waals surface area contributed by atoms with Crippen molar-refractivity contribution in [1.29, 1.82) is 0 Å². The number of urea groups is 1. The van der Waals surface area contributed by atoms with Crippen LogP contribution >= 0.6 is 0 Å². The fourth-order valence-corrected chi connectivity index (χ4v) is 5.56. The highest BCUT2D eigenvalue weighted by molar-refractivity contribution is 5.96. The van der Waals surface area contributed by atoms with Crippen LogP contribution in [-0.2, 0) is 5.41 Å². The SMILES string of the molecule is COc1ccc(C23CCC(NC(=O)Nc4cccc(C(C)=O)c4)CC2N(C)CC3)cc1OC. The molecule has 3 atom stereocenters. The molecule has 3 unspecified atom stereocenters. The van der Waals surface area contributed by atoms with Gasteiger partial charge in [0.25, 0.3) is 0 Å². The highest BCUT2D eigenvalue weighted by Crippen LogP contribution is 2.49. The smallest absolute Gasteiger partial charge is 0.319 e. The van der Waals surface area contributed by atoms with E-state index in [2.05, 4.69) is 34.7 Å². The largest absolute Gasteiger partial charge is 0.493 e. The molecule has 4 rings (SSSR count). The zero-order valence-electron chi connectivity index (χ0n) is 19.8. The van der Waals surface area contributed by atoms with Gasteiger partial charge in [-0.3, -0.25) is 4.79 Å². The highest BCUT2D eigenvalue weighted by atomic mass is 16.5. The molecule has 2 aliphatic rings. The summed E-state index contributed by atoms with van der Waals surface area (Å²) in [5.74, 6) is 1.47. The van der Waals surface area contributed by atoms with Crippen molar-refractivity contribution in [3.05, 3.63) is 53.6 Å². The van der Waals surface area contributed by atoms with Crippen LogP contribution in [0.25, 0.3) is 0 Å². The summed E-state index contributed by atoms with van der Waals surface area (Å²) in [5, 5.41) is 6.03. The predicted molar refractivity (Wildman–Crippen MR) is 128 cm³/mol. The lowest BCUT2D eigenvalue weighted by Gasteiger charge is -2.45. The molecule has 1 aliphatic heterocycles. The Morgan fingerprint density at radius 3 is 2.58 bits per heavy atom. The molecule has 0 radical (unpaired) electrons. The van der Waals surface area contributed by atoms with E-state index in [1.807, 2.05) is 6.07 Å². The minimum absolute atomic E-state index is 0.0258. The first-order valence-corrected chi connectivity index (χ1v) is 11.5. The summed E-state index contributed by atoms with van der Waals surface area (Å²) in [6.45, 7) is 2.54. The summed E-state index contributed by atoms with van der Waals surface area (Å²) in [7, 11) is 5.49. The summed E-state index contributed by atoms with van der Waals surface area (Å²) in [4.78, 5) is 26.7. The summed E-state index contributed by atoms with van der Waals surface area (Å²) in [6.07, 6.45) is 3.86. The van der Waals surface area contributed by atoms with Crippen molar-refractivity contribution in [2.45, 2.75) is 50.1 Å². The van der Waals surface area contributed by atoms with Crippen LogP contribution in [0.4, 0.5) is 10.5 Å². The van der Waals surface area contributed by atoms with Gasteiger partial charge in [-0.2, -0.15) is 0 Å². The van der Waals surface area contributed by atoms with E-state index in [4.69, 9.17) is 9.47 Å². The van der Waals surface area contributed by atoms with Gasteiger partial charge in [0.15, 0.2) is 17.3 Å². The number of hydrogen-bond acceptors (Lipinski definition) is 5. The monoisotopic (exact) mass is 451 g/mol. The zero-order valence-corrected chi connectivity index (χ0v) is 19.8. The third kappa shape index (κ3) is 4.55. The van der Waals surface area contributed by atoms with E-state index in [-0.39, 0.29) is 23.3 Å². The minimum atomic E-state index is -0.236. The Labute approximate surface area is 195 Å². The molecule has 1 saturated carbocycles. The van der Waals surface area contributed by atoms with E-state index in [0.29, 0.717) is 17.3 Å². The van der Waals surface area contributed by atoms with Crippen molar-refractivity contribution in [1.82, 2.24) is 10.2 Å². The number of likely N-dealkylation sites (tertiary alicyclic amines) is 1. The molecule has 0 bridgehead atoms. The van der Waals surface area contributed by atoms with Gasteiger partial charge in [-0.25, -0.2) is 4.79 Å². The number of hydrogen-bond donors (Lipinski definition) is 2. The van der Waals surface area contributed by atoms with Gasteiger partial charge >= 0.3 is 6.03 Å². The molecule has 1 saturated heterocycles. The number of rotatable bonds is 6. The summed E-state index contributed by atoms with van der Waals surface area (Å²) >= 11 is 0. The van der Waals surface area contributed by atoms with Crippen molar-refractivity contribution >= 4 is 17.5 Å². The first kappa shape index (κ1) is 23.1. The lowest BCUT2D eigenvalue weighted by Crippen LogP contribution is -2.52. The lowest BCUT2D eigenvalue weighted by atomic mass is 9.65. The second kappa shape index (κ2) is 9.43. The molecule has 33 heavy (non-hydrogen) atoms. The number of ether oxygens (including phenoxy) is 2. The summed E-state index contributed by atoms with van der Waals surface area (Å²) in [5.41, 5.74) is 2.52. The second-order valence-electron chi connectivity index (χ2n) is 9.18. The molecule has 7 nitrogen and oxygen atoms in total. The molecule has 176 valence electrons. The molecule has 2 amide bonds. The van der Waals surface area contributed by atoms with Crippen molar-refractivity contribution in [3.8, 4) is 11.5 Å². The van der Waals surface area contributed by atoms with Crippen LogP contribution < -0.4 is 20.1 Å². The van der Waals surface area contributed by atoms with Crippen LogP contribution in [0.15, 0.2) is 42.5 Å². The fourth-order valence-electron chi connectivity index (χ4n) is 5.56. The van der Waals surface area contributed by atoms with E-state index < -0.39 is 0 Å². The van der Waals surface area contributed by atoms with Gasteiger partial charge in [0.05, 0.1) is 14.2 Å². The van der Waals surface area contributed by atoms with E-state index in [0.717, 1.165) is 43.7 Å². The molecule has 1 aliphatic carbocycles. The van der Waals surface area contributed by atoms with Crippen molar-refractivity contribution in [2.24, 2.45) is 0 Å². The fraction of sp³-hybridized carbons (Fsp3) is 0.462. The third-order valence-corrected chi connectivity index (χ3v) is 7.35. The quantitative estimate of drug-likeness (QED) is 0.643. The molecule has 0 aromatic heterocycles. The maximum atomic E-state index is 12.7. The van der Waals surface area contributed by atoms with Crippen LogP contribution in [-0.4, -0.2) is 56.6 Å². The molecule has 1 heterocycles. The first-order valence-electron chi connectivity index (χ1n) is 11.5. The normalized spacial score (nSPS) is 24.6. The summed E-state index contributed by atoms with van der Waals surface area (Å²) in [6, 6.07) is 13.5. The number of likely N-dealkylation sites (N-methyl/N-ethyl adjacent to an activating group) is 1. The van der Waals surface area contributed by atoms with Crippen molar-refractivity contribution < 1.29 is 19.1 Å². The van der Waals surface area contributed by atoms with Crippen LogP contribution in [0, 0.1) is 0 Å². The average Bonchev–Trinajstić information content (AvgIpc) is 3.15. The molecule has 2 aromatic rings. The van der Waals surface area contributed by atoms with Gasteiger partial charge < -0.3 is 25.0 Å². The number of nitrogens with one attached hydrogen (secondary N) is 2. The molecular formula is C26H33N3O4. The van der Waals surface area contributed by atoms with Gasteiger partial charge in [-0.05, 0) is 76.0 Å². The Morgan fingerprint density at radius 1 is 1.06 bits per heavy atom. The van der Waals surface area contributed by atoms with Crippen LogP contribution in [0.2, 0.25) is 0 Å². The lowest BCUT2D eigenvalue weighted by molar-refractivity contribution is 0.101. The van der Waals surface area contributed by atoms with Crippen LogP contribution in [0.3, 0.4) is 0 Å². The number of carbonyl (C=O) groups is 2. The molecule has 2 N–H and O–H groups in total. The predicted octanol–water partition coefficient (Wildman–Crippen LogP) is 4.22. The van der Waals surface area contributed by atoms with E-state index in [1.54, 1.807) is 38.5 Å². The number of ketones is 1. The molecule has 2 aromatic carbocycles. The third-order valence-electron chi connectivity index (χ3n) is 7.35. The number of amides is 2. The van der Waals surface area contributed by atoms with E-state index >= 15 is 0 Å². The van der Waals surface area contributed by atoms with Crippen LogP contribution in [0.5, 0.6) is 11.5 Å². The molecular weight excluding hydrogens is 418 g/mol. The number of anilines is 1. The zero-order chi connectivity index (χ0) is 23.6. The number of carbonyl (C=O) groups excluding carboxylic acids is 2. The molecule has 0 spiro atoms. The Balaban J connectivity index is 1.47. The average molecular weight is 452 g/mol. The molecule has 2 fully saturated rings. The number of fused-ring (bicyclic) bond motifs is 1. The van der Waals surface area contributed by atoms with Crippen molar-refractivity contribution in [2.75, 3.05) is 33.1 Å². The summed E-state index contributed by atoms with van der Waals surface area (Å²) < 4.78 is 11.0. The number of nitrogens with zero attached hydrogens (tertiary/aromatic N) is 1. The number of Topliss-reactive ketones (excluding diaryl/α,β-unsaturated/α-hetero) is 1. The number of methoxy groups -OCH3 is 2. The second-order valence-corrected chi connectivity index (χ2v) is 9.18. The van der Waals surface area contributed by atoms with Gasteiger partial charge in [0.1, 0.15) is 0 Å². The van der Waals surface area contributed by atoms with Crippen LogP contribution in [0.1, 0.15) is 48.5 Å².